The normalized spacial score (nSPS) is 12.2. The third-order valence-electron chi connectivity index (χ3n) is 4.58. The predicted octanol–water partition coefficient (Wildman–Crippen LogP) is 5.12. The summed E-state index contributed by atoms with van der Waals surface area (Å²) in [5.74, 6) is 0.0119. The molecule has 0 radical (unpaired) electrons. The number of rotatable bonds is 6. The molecule has 0 aliphatic heterocycles. The van der Waals surface area contributed by atoms with Gasteiger partial charge in [0.15, 0.2) is 0 Å². The monoisotopic (exact) mass is 372 g/mol. The fourth-order valence-corrected chi connectivity index (χ4v) is 2.91. The predicted molar refractivity (Wildman–Crippen MR) is 114 cm³/mol. The van der Waals surface area contributed by atoms with Crippen LogP contribution in [0.3, 0.4) is 0 Å². The molecule has 0 aromatic heterocycles. The van der Waals surface area contributed by atoms with Crippen molar-refractivity contribution < 1.29 is 10.2 Å². The van der Waals surface area contributed by atoms with Gasteiger partial charge in [-0.25, -0.2) is 0 Å². The van der Waals surface area contributed by atoms with Crippen molar-refractivity contribution in [3.8, 4) is 11.5 Å². The summed E-state index contributed by atoms with van der Waals surface area (Å²) >= 11 is 0. The largest absolute Gasteiger partial charge is 0.507 e. The molecule has 0 atom stereocenters. The minimum absolute atomic E-state index is 0.00595. The summed E-state index contributed by atoms with van der Waals surface area (Å²) in [4.78, 5) is 9.17. The second-order valence-electron chi connectivity index (χ2n) is 6.66. The summed E-state index contributed by atoms with van der Waals surface area (Å²) in [5.41, 5.74) is 4.80. The van der Waals surface area contributed by atoms with Crippen molar-refractivity contribution in [2.45, 2.75) is 26.9 Å². The molecular formula is C24H24N2O2. The highest BCUT2D eigenvalue weighted by molar-refractivity contribution is 6.06. The summed E-state index contributed by atoms with van der Waals surface area (Å²) in [5, 5.41) is 20.6. The zero-order valence-electron chi connectivity index (χ0n) is 16.1. The molecule has 4 heteroatoms. The summed E-state index contributed by atoms with van der Waals surface area (Å²) < 4.78 is 0. The molecule has 4 nitrogen and oxygen atoms in total. The molecule has 3 aromatic rings. The summed E-state index contributed by atoms with van der Waals surface area (Å²) in [6.45, 7) is 4.78. The van der Waals surface area contributed by atoms with Crippen LogP contribution in [0.2, 0.25) is 0 Å². The third-order valence-corrected chi connectivity index (χ3v) is 4.58. The van der Waals surface area contributed by atoms with Crippen LogP contribution in [-0.4, -0.2) is 21.6 Å². The molecule has 0 heterocycles. The van der Waals surface area contributed by atoms with Crippen LogP contribution in [0, 0.1) is 0 Å². The quantitative estimate of drug-likeness (QED) is 0.590. The Morgan fingerprint density at radius 1 is 0.643 bits per heavy atom. The van der Waals surface area contributed by atoms with Gasteiger partial charge < -0.3 is 10.2 Å². The van der Waals surface area contributed by atoms with Gasteiger partial charge in [0.1, 0.15) is 11.5 Å². The van der Waals surface area contributed by atoms with Gasteiger partial charge in [-0.3, -0.25) is 9.98 Å². The van der Waals surface area contributed by atoms with Crippen LogP contribution < -0.4 is 0 Å². The first-order chi connectivity index (χ1) is 13.5. The highest BCUT2D eigenvalue weighted by Gasteiger charge is 2.13. The molecule has 3 rings (SSSR count). The summed E-state index contributed by atoms with van der Waals surface area (Å²) in [6, 6.07) is 23.0. The van der Waals surface area contributed by atoms with E-state index in [9.17, 15) is 10.2 Å². The van der Waals surface area contributed by atoms with E-state index in [1.165, 1.54) is 6.07 Å². The Hall–Kier alpha value is -3.40. The van der Waals surface area contributed by atoms with Crippen molar-refractivity contribution >= 4 is 11.4 Å². The van der Waals surface area contributed by atoms with E-state index in [4.69, 9.17) is 0 Å². The van der Waals surface area contributed by atoms with Crippen LogP contribution in [-0.2, 0) is 13.1 Å². The minimum Gasteiger partial charge on any atom is -0.507 e. The Bertz CT molecular complexity index is 915. The van der Waals surface area contributed by atoms with E-state index in [1.54, 1.807) is 6.07 Å². The van der Waals surface area contributed by atoms with Crippen LogP contribution in [0.5, 0.6) is 11.5 Å². The number of benzene rings is 3. The standard InChI is InChI=1S/C24H24N2O2/c1-17(25-15-19-9-5-3-6-10-19)21-13-22(24(28)14-23(21)27)18(2)26-16-20-11-7-4-8-12-20/h3-14,27-28H,15-16H2,1-2H3. The molecule has 142 valence electrons. The fourth-order valence-electron chi connectivity index (χ4n) is 2.91. The first-order valence-electron chi connectivity index (χ1n) is 9.21. The molecule has 0 spiro atoms. The Labute approximate surface area is 165 Å². The average molecular weight is 372 g/mol. The van der Waals surface area contributed by atoms with Gasteiger partial charge in [0, 0.05) is 28.6 Å². The van der Waals surface area contributed by atoms with Crippen molar-refractivity contribution in [2.75, 3.05) is 0 Å². The molecule has 0 saturated carbocycles. The van der Waals surface area contributed by atoms with Gasteiger partial charge in [-0.05, 0) is 31.0 Å². The van der Waals surface area contributed by atoms with Gasteiger partial charge in [-0.2, -0.15) is 0 Å². The van der Waals surface area contributed by atoms with Gasteiger partial charge >= 0.3 is 0 Å². The topological polar surface area (TPSA) is 65.2 Å². The highest BCUT2D eigenvalue weighted by Crippen LogP contribution is 2.29. The molecule has 0 fully saturated rings. The van der Waals surface area contributed by atoms with E-state index in [-0.39, 0.29) is 11.5 Å². The lowest BCUT2D eigenvalue weighted by Crippen LogP contribution is -2.02. The molecule has 28 heavy (non-hydrogen) atoms. The fraction of sp³-hybridized carbons (Fsp3) is 0.167. The lowest BCUT2D eigenvalue weighted by atomic mass is 10.0. The molecule has 0 unspecified atom stereocenters. The Morgan fingerprint density at radius 3 is 1.43 bits per heavy atom. The Morgan fingerprint density at radius 2 is 1.04 bits per heavy atom. The molecule has 2 N–H and O–H groups in total. The maximum Gasteiger partial charge on any atom is 0.128 e. The molecule has 0 amide bonds. The Balaban J connectivity index is 1.85. The van der Waals surface area contributed by atoms with Crippen molar-refractivity contribution in [2.24, 2.45) is 9.98 Å². The van der Waals surface area contributed by atoms with E-state index < -0.39 is 0 Å². The Kier molecular flexibility index (Phi) is 6.22. The van der Waals surface area contributed by atoms with E-state index in [0.29, 0.717) is 35.6 Å². The van der Waals surface area contributed by atoms with Crippen molar-refractivity contribution in [3.63, 3.8) is 0 Å². The van der Waals surface area contributed by atoms with Crippen LogP contribution in [0.25, 0.3) is 0 Å². The summed E-state index contributed by atoms with van der Waals surface area (Å²) in [6.07, 6.45) is 0. The number of nitrogens with zero attached hydrogens (tertiary/aromatic N) is 2. The van der Waals surface area contributed by atoms with Gasteiger partial charge in [-0.1, -0.05) is 60.7 Å². The van der Waals surface area contributed by atoms with E-state index in [2.05, 4.69) is 9.98 Å². The minimum atomic E-state index is 0.00595. The number of aromatic hydroxyl groups is 2. The molecule has 3 aromatic carbocycles. The lowest BCUT2D eigenvalue weighted by molar-refractivity contribution is 0.449. The summed E-state index contributed by atoms with van der Waals surface area (Å²) in [7, 11) is 0. The molecular weight excluding hydrogens is 348 g/mol. The molecule has 0 saturated heterocycles. The number of phenolic OH excluding ortho intramolecular Hbond substituents is 2. The molecule has 0 aliphatic carbocycles. The van der Waals surface area contributed by atoms with Crippen molar-refractivity contribution in [3.05, 3.63) is 95.1 Å². The SMILES string of the molecule is CC(=NCc1ccccc1)c1cc(C(C)=NCc2ccccc2)c(O)cc1O. The first-order valence-corrected chi connectivity index (χ1v) is 9.21. The van der Waals surface area contributed by atoms with Crippen LogP contribution in [0.4, 0.5) is 0 Å². The maximum atomic E-state index is 10.3. The van der Waals surface area contributed by atoms with Crippen LogP contribution in [0.1, 0.15) is 36.1 Å². The third kappa shape index (κ3) is 4.86. The van der Waals surface area contributed by atoms with Gasteiger partial charge in [0.05, 0.1) is 13.1 Å². The van der Waals surface area contributed by atoms with E-state index in [0.717, 1.165) is 11.1 Å². The average Bonchev–Trinajstić information content (AvgIpc) is 2.72. The van der Waals surface area contributed by atoms with E-state index >= 15 is 0 Å². The number of aliphatic imine (C=N–C) groups is 2. The first kappa shape index (κ1) is 19.4. The lowest BCUT2D eigenvalue weighted by Gasteiger charge is -2.11. The number of phenols is 2. The van der Waals surface area contributed by atoms with E-state index in [1.807, 2.05) is 74.5 Å². The molecule has 0 aliphatic rings. The molecule has 0 bridgehead atoms. The highest BCUT2D eigenvalue weighted by atomic mass is 16.3. The van der Waals surface area contributed by atoms with Crippen molar-refractivity contribution in [1.29, 1.82) is 0 Å². The van der Waals surface area contributed by atoms with Gasteiger partial charge in [0.2, 0.25) is 0 Å². The van der Waals surface area contributed by atoms with Gasteiger partial charge in [-0.15, -0.1) is 0 Å². The zero-order valence-corrected chi connectivity index (χ0v) is 16.1. The number of hydrogen-bond acceptors (Lipinski definition) is 4. The second kappa shape index (κ2) is 9.00. The smallest absolute Gasteiger partial charge is 0.128 e. The number of hydrogen-bond donors (Lipinski definition) is 2. The van der Waals surface area contributed by atoms with Gasteiger partial charge in [0.25, 0.3) is 0 Å². The zero-order chi connectivity index (χ0) is 19.9. The maximum absolute atomic E-state index is 10.3. The van der Waals surface area contributed by atoms with Crippen molar-refractivity contribution in [1.82, 2.24) is 0 Å². The van der Waals surface area contributed by atoms with Crippen LogP contribution in [0.15, 0.2) is 82.8 Å². The second-order valence-corrected chi connectivity index (χ2v) is 6.66. The van der Waals surface area contributed by atoms with Crippen LogP contribution >= 0.6 is 0 Å².